The zero-order chi connectivity index (χ0) is 11.8. The van der Waals surface area contributed by atoms with Crippen LogP contribution < -0.4 is 0 Å². The van der Waals surface area contributed by atoms with Gasteiger partial charge >= 0.3 is 0 Å². The maximum atomic E-state index is 6.02. The van der Waals surface area contributed by atoms with Gasteiger partial charge in [0.15, 0.2) is 0 Å². The Morgan fingerprint density at radius 2 is 1.65 bits per heavy atom. The van der Waals surface area contributed by atoms with Crippen LogP contribution in [-0.2, 0) is 0 Å². The molecule has 0 amide bonds. The van der Waals surface area contributed by atoms with Crippen molar-refractivity contribution < 1.29 is 0 Å². The molecule has 0 aliphatic carbocycles. The van der Waals surface area contributed by atoms with Gasteiger partial charge < -0.3 is 0 Å². The van der Waals surface area contributed by atoms with E-state index in [0.717, 1.165) is 16.6 Å². The number of rotatable bonds is 1. The minimum Gasteiger partial charge on any atom is -0.245 e. The average Bonchev–Trinajstić information content (AvgIpc) is 2.79. The molecule has 0 aliphatic heterocycles. The van der Waals surface area contributed by atoms with E-state index >= 15 is 0 Å². The molecule has 0 radical (unpaired) electrons. The second kappa shape index (κ2) is 4.30. The van der Waals surface area contributed by atoms with Gasteiger partial charge in [-0.1, -0.05) is 35.3 Å². The number of hydrogen-bond donors (Lipinski definition) is 0. The van der Waals surface area contributed by atoms with Crippen molar-refractivity contribution in [1.29, 1.82) is 0 Å². The summed E-state index contributed by atoms with van der Waals surface area (Å²) in [7, 11) is 0. The Labute approximate surface area is 113 Å². The molecule has 0 N–H and O–H groups in total. The fourth-order valence-corrected chi connectivity index (χ4v) is 2.67. The van der Waals surface area contributed by atoms with Crippen LogP contribution in [0.25, 0.3) is 21.3 Å². The van der Waals surface area contributed by atoms with Crippen molar-refractivity contribution >= 4 is 44.8 Å². The van der Waals surface area contributed by atoms with E-state index in [1.54, 1.807) is 11.3 Å². The van der Waals surface area contributed by atoms with Crippen LogP contribution in [-0.4, -0.2) is 4.98 Å². The van der Waals surface area contributed by atoms with Crippen molar-refractivity contribution in [2.24, 2.45) is 0 Å². The third-order valence-electron chi connectivity index (χ3n) is 2.58. The topological polar surface area (TPSA) is 12.9 Å². The molecule has 0 bridgehead atoms. The molecule has 1 heterocycles. The van der Waals surface area contributed by atoms with Crippen LogP contribution in [0.1, 0.15) is 0 Å². The number of thiazole rings is 1. The fourth-order valence-electron chi connectivity index (χ4n) is 1.71. The highest BCUT2D eigenvalue weighted by Gasteiger charge is 2.04. The Kier molecular flexibility index (Phi) is 2.79. The molecule has 17 heavy (non-hydrogen) atoms. The summed E-state index contributed by atoms with van der Waals surface area (Å²) in [6.07, 6.45) is 0. The van der Waals surface area contributed by atoms with Crippen molar-refractivity contribution in [2.75, 3.05) is 0 Å². The first-order chi connectivity index (χ1) is 8.24. The third kappa shape index (κ3) is 2.04. The molecular weight excluding hydrogens is 273 g/mol. The first-order valence-electron chi connectivity index (χ1n) is 5.03. The minimum atomic E-state index is 0.572. The maximum Gasteiger partial charge on any atom is 0.0818 e. The lowest BCUT2D eigenvalue weighted by molar-refractivity contribution is 1.50. The number of halogens is 2. The van der Waals surface area contributed by atoms with Gasteiger partial charge in [-0.25, -0.2) is 4.98 Å². The van der Waals surface area contributed by atoms with Gasteiger partial charge in [-0.3, -0.25) is 0 Å². The first-order valence-corrected chi connectivity index (χ1v) is 6.66. The van der Waals surface area contributed by atoms with E-state index in [9.17, 15) is 0 Å². The van der Waals surface area contributed by atoms with Crippen molar-refractivity contribution in [3.63, 3.8) is 0 Å². The van der Waals surface area contributed by atoms with E-state index in [1.165, 1.54) is 4.70 Å². The van der Waals surface area contributed by atoms with E-state index < -0.39 is 0 Å². The summed E-state index contributed by atoms with van der Waals surface area (Å²) in [4.78, 5) is 4.30. The van der Waals surface area contributed by atoms with Crippen LogP contribution in [0, 0.1) is 0 Å². The Hall–Kier alpha value is -1.09. The molecule has 0 spiro atoms. The summed E-state index contributed by atoms with van der Waals surface area (Å²) in [6.45, 7) is 0. The van der Waals surface area contributed by atoms with E-state index in [2.05, 4.69) is 23.2 Å². The van der Waals surface area contributed by atoms with E-state index in [0.29, 0.717) is 10.0 Å². The Morgan fingerprint density at radius 3 is 2.47 bits per heavy atom. The van der Waals surface area contributed by atoms with E-state index in [-0.39, 0.29) is 0 Å². The normalized spacial score (nSPS) is 10.9. The number of fused-ring (bicyclic) bond motifs is 1. The smallest absolute Gasteiger partial charge is 0.0818 e. The van der Waals surface area contributed by atoms with Crippen molar-refractivity contribution in [3.8, 4) is 11.1 Å². The molecule has 0 aliphatic rings. The molecule has 0 atom stereocenters. The van der Waals surface area contributed by atoms with Gasteiger partial charge in [-0.2, -0.15) is 0 Å². The number of benzene rings is 2. The Bertz CT molecular complexity index is 691. The summed E-state index contributed by atoms with van der Waals surface area (Å²) in [5, 5.41) is 1.15. The highest BCUT2D eigenvalue weighted by molar-refractivity contribution is 7.16. The zero-order valence-electron chi connectivity index (χ0n) is 8.65. The first kappa shape index (κ1) is 11.0. The molecule has 0 unspecified atom stereocenters. The molecular formula is C13H7Cl2NS. The summed E-state index contributed by atoms with van der Waals surface area (Å²) in [5.41, 5.74) is 5.01. The van der Waals surface area contributed by atoms with Gasteiger partial charge in [0.1, 0.15) is 0 Å². The lowest BCUT2D eigenvalue weighted by atomic mass is 10.1. The quantitative estimate of drug-likeness (QED) is 0.591. The SMILES string of the molecule is Clc1ccc(-c2ccc3scnc3c2)cc1Cl. The van der Waals surface area contributed by atoms with E-state index in [1.807, 2.05) is 23.7 Å². The van der Waals surface area contributed by atoms with Crippen LogP contribution in [0.5, 0.6) is 0 Å². The highest BCUT2D eigenvalue weighted by Crippen LogP contribution is 2.30. The summed E-state index contributed by atoms with van der Waals surface area (Å²) < 4.78 is 1.19. The summed E-state index contributed by atoms with van der Waals surface area (Å²) in [6, 6.07) is 11.8. The minimum absolute atomic E-state index is 0.572. The third-order valence-corrected chi connectivity index (χ3v) is 4.13. The van der Waals surface area contributed by atoms with Crippen molar-refractivity contribution in [2.45, 2.75) is 0 Å². The van der Waals surface area contributed by atoms with Crippen molar-refractivity contribution in [3.05, 3.63) is 52.0 Å². The lowest BCUT2D eigenvalue weighted by Gasteiger charge is -2.03. The van der Waals surface area contributed by atoms with Crippen molar-refractivity contribution in [1.82, 2.24) is 4.98 Å². The second-order valence-electron chi connectivity index (χ2n) is 3.66. The molecule has 0 saturated carbocycles. The molecule has 0 saturated heterocycles. The highest BCUT2D eigenvalue weighted by atomic mass is 35.5. The van der Waals surface area contributed by atoms with Gasteiger partial charge in [0.25, 0.3) is 0 Å². The van der Waals surface area contributed by atoms with Gasteiger partial charge in [0.05, 0.1) is 25.8 Å². The van der Waals surface area contributed by atoms with E-state index in [4.69, 9.17) is 23.2 Å². The molecule has 0 fully saturated rings. The predicted octanol–water partition coefficient (Wildman–Crippen LogP) is 5.27. The molecule has 2 aromatic carbocycles. The Morgan fingerprint density at radius 1 is 0.882 bits per heavy atom. The number of aromatic nitrogens is 1. The van der Waals surface area contributed by atoms with Crippen LogP contribution >= 0.6 is 34.5 Å². The monoisotopic (exact) mass is 279 g/mol. The van der Waals surface area contributed by atoms with Gasteiger partial charge in [0, 0.05) is 0 Å². The van der Waals surface area contributed by atoms with Gasteiger partial charge in [-0.05, 0) is 35.4 Å². The molecule has 3 aromatic rings. The molecule has 84 valence electrons. The predicted molar refractivity (Wildman–Crippen MR) is 75.1 cm³/mol. The van der Waals surface area contributed by atoms with Gasteiger partial charge in [0.2, 0.25) is 0 Å². The molecule has 1 nitrogen and oxygen atoms in total. The van der Waals surface area contributed by atoms with Crippen LogP contribution in [0.4, 0.5) is 0 Å². The molecule has 3 rings (SSSR count). The fraction of sp³-hybridized carbons (Fsp3) is 0. The zero-order valence-corrected chi connectivity index (χ0v) is 11.0. The van der Waals surface area contributed by atoms with Crippen LogP contribution in [0.3, 0.4) is 0 Å². The summed E-state index contributed by atoms with van der Waals surface area (Å²) >= 11 is 13.6. The summed E-state index contributed by atoms with van der Waals surface area (Å²) in [5.74, 6) is 0. The second-order valence-corrected chi connectivity index (χ2v) is 5.36. The molecule has 4 heteroatoms. The maximum absolute atomic E-state index is 6.02. The van der Waals surface area contributed by atoms with Crippen LogP contribution in [0.15, 0.2) is 41.9 Å². The largest absolute Gasteiger partial charge is 0.245 e. The van der Waals surface area contributed by atoms with Crippen LogP contribution in [0.2, 0.25) is 10.0 Å². The lowest BCUT2D eigenvalue weighted by Crippen LogP contribution is -1.79. The number of nitrogens with zero attached hydrogens (tertiary/aromatic N) is 1. The Balaban J connectivity index is 2.16. The van der Waals surface area contributed by atoms with Gasteiger partial charge in [-0.15, -0.1) is 11.3 Å². The standard InChI is InChI=1S/C13H7Cl2NS/c14-10-3-1-8(5-11(10)15)9-2-4-13-12(6-9)16-7-17-13/h1-7H. The molecule has 1 aromatic heterocycles. The number of hydrogen-bond acceptors (Lipinski definition) is 2. The average molecular weight is 280 g/mol.